The van der Waals surface area contributed by atoms with Crippen LogP contribution in [0.25, 0.3) is 0 Å². The molecule has 1 atom stereocenters. The maximum atomic E-state index is 12.2. The predicted octanol–water partition coefficient (Wildman–Crippen LogP) is 2.68. The van der Waals surface area contributed by atoms with Gasteiger partial charge >= 0.3 is 0 Å². The summed E-state index contributed by atoms with van der Waals surface area (Å²) in [5, 5.41) is 0. The molecule has 0 aromatic heterocycles. The van der Waals surface area contributed by atoms with E-state index in [9.17, 15) is 4.79 Å². The Labute approximate surface area is 122 Å². The van der Waals surface area contributed by atoms with Crippen molar-refractivity contribution >= 4 is 28.5 Å². The number of hydrogen-bond donors (Lipinski definition) is 0. The highest BCUT2D eigenvalue weighted by Gasteiger charge is 2.24. The van der Waals surface area contributed by atoms with Gasteiger partial charge in [-0.25, -0.2) is 0 Å². The topological polar surface area (TPSA) is 29.5 Å². The smallest absolute Gasteiger partial charge is 0.228 e. The van der Waals surface area contributed by atoms with Gasteiger partial charge in [0.05, 0.1) is 12.5 Å². The van der Waals surface area contributed by atoms with Crippen LogP contribution in [0.2, 0.25) is 0 Å². The first-order valence-corrected chi connectivity index (χ1v) is 7.32. The average Bonchev–Trinajstić information content (AvgIpc) is 2.39. The van der Waals surface area contributed by atoms with Gasteiger partial charge in [0.15, 0.2) is 0 Å². The molecule has 0 radical (unpaired) electrons. The summed E-state index contributed by atoms with van der Waals surface area (Å²) >= 11 is 2.29. The lowest BCUT2D eigenvalue weighted by Gasteiger charge is -2.26. The Balaban J connectivity index is 1.94. The molecular weight excluding hydrogens is 341 g/mol. The van der Waals surface area contributed by atoms with E-state index in [0.717, 1.165) is 19.4 Å². The fourth-order valence-electron chi connectivity index (χ4n) is 2.23. The molecule has 2 rings (SSSR count). The molecule has 1 aromatic rings. The highest BCUT2D eigenvalue weighted by Crippen LogP contribution is 2.17. The zero-order chi connectivity index (χ0) is 13.0. The number of benzene rings is 1. The van der Waals surface area contributed by atoms with Crippen molar-refractivity contribution in [3.8, 4) is 0 Å². The van der Waals surface area contributed by atoms with Crippen LogP contribution < -0.4 is 0 Å². The molecular formula is C14H18INO2. The molecule has 1 saturated heterocycles. The van der Waals surface area contributed by atoms with E-state index in [1.165, 1.54) is 9.13 Å². The molecule has 1 amide bonds. The number of amides is 1. The lowest BCUT2D eigenvalue weighted by molar-refractivity contribution is -0.138. The van der Waals surface area contributed by atoms with Gasteiger partial charge in [-0.3, -0.25) is 4.79 Å². The highest BCUT2D eigenvalue weighted by atomic mass is 127. The minimum atomic E-state index is 0.0477. The molecule has 1 unspecified atom stereocenters. The van der Waals surface area contributed by atoms with Gasteiger partial charge in [-0.1, -0.05) is 12.1 Å². The molecule has 1 heterocycles. The molecule has 3 nitrogen and oxygen atoms in total. The molecule has 1 aliphatic heterocycles. The number of ether oxygens (including phenoxy) is 1. The standard InChI is InChI=1S/C14H18INO2/c1-16(9-11-4-2-6-13(15)8-11)14(17)12-5-3-7-18-10-12/h2,4,6,8,12H,3,5,7,9-10H2,1H3. The molecule has 98 valence electrons. The number of carbonyl (C=O) groups is 1. The molecule has 1 aliphatic rings. The third-order valence-corrected chi connectivity index (χ3v) is 3.87. The minimum Gasteiger partial charge on any atom is -0.381 e. The minimum absolute atomic E-state index is 0.0477. The van der Waals surface area contributed by atoms with Crippen molar-refractivity contribution in [3.05, 3.63) is 33.4 Å². The van der Waals surface area contributed by atoms with Crippen molar-refractivity contribution in [3.63, 3.8) is 0 Å². The van der Waals surface area contributed by atoms with Crippen molar-refractivity contribution in [2.75, 3.05) is 20.3 Å². The normalized spacial score (nSPS) is 19.6. The molecule has 0 saturated carbocycles. The molecule has 1 aromatic carbocycles. The van der Waals surface area contributed by atoms with Crippen LogP contribution in [-0.2, 0) is 16.1 Å². The number of nitrogens with zero attached hydrogens (tertiary/aromatic N) is 1. The van der Waals surface area contributed by atoms with Crippen LogP contribution in [0.5, 0.6) is 0 Å². The fourth-order valence-corrected chi connectivity index (χ4v) is 2.84. The van der Waals surface area contributed by atoms with E-state index in [1.807, 2.05) is 18.0 Å². The van der Waals surface area contributed by atoms with E-state index < -0.39 is 0 Å². The maximum absolute atomic E-state index is 12.2. The van der Waals surface area contributed by atoms with E-state index in [0.29, 0.717) is 13.2 Å². The summed E-state index contributed by atoms with van der Waals surface area (Å²) in [5.41, 5.74) is 1.18. The van der Waals surface area contributed by atoms with Gasteiger partial charge in [0.1, 0.15) is 0 Å². The summed E-state index contributed by atoms with van der Waals surface area (Å²) in [6.07, 6.45) is 1.95. The highest BCUT2D eigenvalue weighted by molar-refractivity contribution is 14.1. The molecule has 1 fully saturated rings. The van der Waals surface area contributed by atoms with Crippen molar-refractivity contribution < 1.29 is 9.53 Å². The lowest BCUT2D eigenvalue weighted by atomic mass is 10.0. The quantitative estimate of drug-likeness (QED) is 0.777. The van der Waals surface area contributed by atoms with Crippen LogP contribution in [-0.4, -0.2) is 31.1 Å². The van der Waals surface area contributed by atoms with E-state index in [4.69, 9.17) is 4.74 Å². The summed E-state index contributed by atoms with van der Waals surface area (Å²) in [6.45, 7) is 2.05. The summed E-state index contributed by atoms with van der Waals surface area (Å²) in [5.74, 6) is 0.250. The first-order chi connectivity index (χ1) is 8.66. The lowest BCUT2D eigenvalue weighted by Crippen LogP contribution is -2.36. The average molecular weight is 359 g/mol. The van der Waals surface area contributed by atoms with Crippen LogP contribution in [0.15, 0.2) is 24.3 Å². The third kappa shape index (κ3) is 3.68. The van der Waals surface area contributed by atoms with Crippen LogP contribution in [0.4, 0.5) is 0 Å². The fraction of sp³-hybridized carbons (Fsp3) is 0.500. The Hall–Kier alpha value is -0.620. The molecule has 18 heavy (non-hydrogen) atoms. The van der Waals surface area contributed by atoms with E-state index >= 15 is 0 Å². The van der Waals surface area contributed by atoms with Crippen LogP contribution in [0, 0.1) is 9.49 Å². The van der Waals surface area contributed by atoms with Gasteiger partial charge in [0.2, 0.25) is 5.91 Å². The predicted molar refractivity (Wildman–Crippen MR) is 79.2 cm³/mol. The Morgan fingerprint density at radius 2 is 2.39 bits per heavy atom. The SMILES string of the molecule is CN(Cc1cccc(I)c1)C(=O)C1CCCOC1. The zero-order valence-electron chi connectivity index (χ0n) is 10.6. The van der Waals surface area contributed by atoms with E-state index in [-0.39, 0.29) is 11.8 Å². The maximum Gasteiger partial charge on any atom is 0.228 e. The van der Waals surface area contributed by atoms with Gasteiger partial charge in [0, 0.05) is 23.8 Å². The number of carbonyl (C=O) groups excluding carboxylic acids is 1. The number of halogens is 1. The van der Waals surface area contributed by atoms with Crippen molar-refractivity contribution in [2.24, 2.45) is 5.92 Å². The van der Waals surface area contributed by atoms with Crippen molar-refractivity contribution in [1.29, 1.82) is 0 Å². The monoisotopic (exact) mass is 359 g/mol. The summed E-state index contributed by atoms with van der Waals surface area (Å²) < 4.78 is 6.57. The Kier molecular flexibility index (Phi) is 5.00. The molecule has 0 aliphatic carbocycles. The van der Waals surface area contributed by atoms with Gasteiger partial charge in [-0.15, -0.1) is 0 Å². The van der Waals surface area contributed by atoms with Crippen LogP contribution in [0.3, 0.4) is 0 Å². The first-order valence-electron chi connectivity index (χ1n) is 6.24. The Morgan fingerprint density at radius 3 is 3.06 bits per heavy atom. The van der Waals surface area contributed by atoms with Crippen molar-refractivity contribution in [1.82, 2.24) is 4.90 Å². The summed E-state index contributed by atoms with van der Waals surface area (Å²) in [6, 6.07) is 8.25. The number of hydrogen-bond acceptors (Lipinski definition) is 2. The van der Waals surface area contributed by atoms with Gasteiger partial charge in [-0.05, 0) is 53.1 Å². The second-order valence-corrected chi connectivity index (χ2v) is 5.98. The van der Waals surface area contributed by atoms with Gasteiger partial charge < -0.3 is 9.64 Å². The molecule has 0 spiro atoms. The van der Waals surface area contributed by atoms with Gasteiger partial charge in [-0.2, -0.15) is 0 Å². The van der Waals surface area contributed by atoms with Crippen molar-refractivity contribution in [2.45, 2.75) is 19.4 Å². The van der Waals surface area contributed by atoms with Gasteiger partial charge in [0.25, 0.3) is 0 Å². The summed E-state index contributed by atoms with van der Waals surface area (Å²) in [4.78, 5) is 14.0. The molecule has 0 bridgehead atoms. The van der Waals surface area contributed by atoms with E-state index in [2.05, 4.69) is 40.8 Å². The molecule has 0 N–H and O–H groups in total. The van der Waals surface area contributed by atoms with Crippen LogP contribution >= 0.6 is 22.6 Å². The third-order valence-electron chi connectivity index (χ3n) is 3.19. The number of rotatable bonds is 3. The largest absolute Gasteiger partial charge is 0.381 e. The summed E-state index contributed by atoms with van der Waals surface area (Å²) in [7, 11) is 1.87. The molecule has 4 heteroatoms. The zero-order valence-corrected chi connectivity index (χ0v) is 12.7. The first kappa shape index (κ1) is 13.8. The second-order valence-electron chi connectivity index (χ2n) is 4.74. The van der Waals surface area contributed by atoms with Crippen LogP contribution in [0.1, 0.15) is 18.4 Å². The Bertz CT molecular complexity index is 416. The van der Waals surface area contributed by atoms with E-state index in [1.54, 1.807) is 0 Å². The Morgan fingerprint density at radius 1 is 1.56 bits per heavy atom. The second kappa shape index (κ2) is 6.52.